The van der Waals surface area contributed by atoms with Crippen LogP contribution in [0.4, 0.5) is 5.69 Å². The van der Waals surface area contributed by atoms with E-state index in [1.165, 1.54) is 30.0 Å². The Labute approximate surface area is 112 Å². The molecule has 1 aromatic carbocycles. The fraction of sp³-hybridized carbons (Fsp3) is 0.0833. The van der Waals surface area contributed by atoms with Crippen LogP contribution in [0.1, 0.15) is 10.4 Å². The smallest absolute Gasteiger partial charge is 0.270 e. The van der Waals surface area contributed by atoms with Crippen molar-refractivity contribution in [2.24, 2.45) is 0 Å². The number of nitrogens with zero attached hydrogens (tertiary/aromatic N) is 1. The van der Waals surface area contributed by atoms with Gasteiger partial charge in [0, 0.05) is 17.7 Å². The summed E-state index contributed by atoms with van der Waals surface area (Å²) in [5.74, 6) is 0.193. The van der Waals surface area contributed by atoms with E-state index in [4.69, 9.17) is 0 Å². The van der Waals surface area contributed by atoms with Gasteiger partial charge >= 0.3 is 0 Å². The van der Waals surface area contributed by atoms with Gasteiger partial charge in [-0.2, -0.15) is 0 Å². The molecule has 0 saturated heterocycles. The second-order valence-electron chi connectivity index (χ2n) is 3.45. The number of hydrogen-bond donors (Lipinski definition) is 0. The highest BCUT2D eigenvalue weighted by atomic mass is 32.2. The van der Waals surface area contributed by atoms with E-state index in [2.05, 4.69) is 0 Å². The first kappa shape index (κ1) is 12.8. The molecule has 0 saturated carbocycles. The molecule has 1 heterocycles. The van der Waals surface area contributed by atoms with Crippen molar-refractivity contribution < 1.29 is 9.72 Å². The van der Waals surface area contributed by atoms with Gasteiger partial charge in [-0.15, -0.1) is 23.1 Å². The van der Waals surface area contributed by atoms with Crippen LogP contribution in [0.5, 0.6) is 0 Å². The molecule has 0 aliphatic carbocycles. The van der Waals surface area contributed by atoms with E-state index in [1.807, 2.05) is 17.5 Å². The molecule has 92 valence electrons. The van der Waals surface area contributed by atoms with Gasteiger partial charge in [-0.1, -0.05) is 18.2 Å². The molecule has 18 heavy (non-hydrogen) atoms. The predicted molar refractivity (Wildman–Crippen MR) is 72.5 cm³/mol. The highest BCUT2D eigenvalue weighted by molar-refractivity contribution is 8.01. The molecule has 0 fully saturated rings. The first-order valence-electron chi connectivity index (χ1n) is 5.11. The molecule has 0 unspecified atom stereocenters. The topological polar surface area (TPSA) is 60.2 Å². The van der Waals surface area contributed by atoms with Crippen LogP contribution < -0.4 is 0 Å². The Morgan fingerprint density at radius 3 is 2.83 bits per heavy atom. The van der Waals surface area contributed by atoms with Crippen molar-refractivity contribution in [2.45, 2.75) is 4.21 Å². The first-order valence-corrected chi connectivity index (χ1v) is 6.97. The van der Waals surface area contributed by atoms with Crippen LogP contribution >= 0.6 is 23.1 Å². The van der Waals surface area contributed by atoms with Gasteiger partial charge < -0.3 is 0 Å². The fourth-order valence-corrected chi connectivity index (χ4v) is 3.04. The molecular weight excluding hydrogens is 270 g/mol. The lowest BCUT2D eigenvalue weighted by Crippen LogP contribution is -2.02. The Bertz CT molecular complexity index is 566. The van der Waals surface area contributed by atoms with Crippen molar-refractivity contribution in [3.8, 4) is 0 Å². The van der Waals surface area contributed by atoms with Crippen LogP contribution in [0.2, 0.25) is 0 Å². The second kappa shape index (κ2) is 5.79. The molecule has 2 rings (SSSR count). The third-order valence-corrected chi connectivity index (χ3v) is 4.35. The molecule has 1 aromatic heterocycles. The number of carbonyl (C=O) groups is 1. The molecule has 0 aliphatic rings. The van der Waals surface area contributed by atoms with Crippen molar-refractivity contribution in [1.29, 1.82) is 0 Å². The van der Waals surface area contributed by atoms with Crippen molar-refractivity contribution >= 4 is 34.6 Å². The van der Waals surface area contributed by atoms with Gasteiger partial charge in [0.2, 0.25) is 0 Å². The fourth-order valence-electron chi connectivity index (χ4n) is 1.36. The summed E-state index contributed by atoms with van der Waals surface area (Å²) in [5, 5.41) is 12.6. The number of thiophene rings is 1. The van der Waals surface area contributed by atoms with Crippen LogP contribution in [0, 0.1) is 10.1 Å². The molecule has 0 bridgehead atoms. The standard InChI is InChI=1S/C12H9NO3S2/c14-11(8-18-12-5-2-6-17-12)9-3-1-4-10(7-9)13(15)16/h1-7H,8H2. The van der Waals surface area contributed by atoms with E-state index in [0.29, 0.717) is 11.3 Å². The number of ketones is 1. The zero-order valence-electron chi connectivity index (χ0n) is 9.24. The zero-order valence-corrected chi connectivity index (χ0v) is 10.9. The van der Waals surface area contributed by atoms with Crippen LogP contribution in [0.15, 0.2) is 46.0 Å². The van der Waals surface area contributed by atoms with Gasteiger partial charge in [0.1, 0.15) is 0 Å². The van der Waals surface area contributed by atoms with Crippen molar-refractivity contribution in [3.63, 3.8) is 0 Å². The largest absolute Gasteiger partial charge is 0.293 e. The second-order valence-corrected chi connectivity index (χ2v) is 5.67. The number of Topliss-reactive ketones (excluding diaryl/α,β-unsaturated/α-hetero) is 1. The number of benzene rings is 1. The minimum absolute atomic E-state index is 0.0537. The lowest BCUT2D eigenvalue weighted by atomic mass is 10.1. The van der Waals surface area contributed by atoms with Crippen molar-refractivity contribution in [1.82, 2.24) is 0 Å². The molecule has 6 heteroatoms. The number of thioether (sulfide) groups is 1. The Morgan fingerprint density at radius 2 is 2.17 bits per heavy atom. The number of nitro groups is 1. The van der Waals surface area contributed by atoms with Gasteiger partial charge in [-0.3, -0.25) is 14.9 Å². The summed E-state index contributed by atoms with van der Waals surface area (Å²) in [5.41, 5.74) is 0.329. The number of nitro benzene ring substituents is 1. The lowest BCUT2D eigenvalue weighted by Gasteiger charge is -1.99. The Morgan fingerprint density at radius 1 is 1.33 bits per heavy atom. The summed E-state index contributed by atoms with van der Waals surface area (Å²) in [7, 11) is 0. The number of rotatable bonds is 5. The maximum atomic E-state index is 11.9. The highest BCUT2D eigenvalue weighted by Gasteiger charge is 2.11. The third kappa shape index (κ3) is 3.18. The molecule has 0 N–H and O–H groups in total. The highest BCUT2D eigenvalue weighted by Crippen LogP contribution is 2.24. The first-order chi connectivity index (χ1) is 8.66. The number of non-ortho nitro benzene ring substituents is 1. The molecule has 0 atom stereocenters. The minimum atomic E-state index is -0.497. The van der Waals surface area contributed by atoms with Crippen molar-refractivity contribution in [2.75, 3.05) is 5.75 Å². The van der Waals surface area contributed by atoms with E-state index < -0.39 is 4.92 Å². The van der Waals surface area contributed by atoms with E-state index >= 15 is 0 Å². The van der Waals surface area contributed by atoms with Gasteiger partial charge in [0.15, 0.2) is 5.78 Å². The molecule has 0 aliphatic heterocycles. The normalized spacial score (nSPS) is 10.2. The molecule has 2 aromatic rings. The third-order valence-electron chi connectivity index (χ3n) is 2.22. The summed E-state index contributed by atoms with van der Waals surface area (Å²) < 4.78 is 1.06. The summed E-state index contributed by atoms with van der Waals surface area (Å²) in [6.45, 7) is 0. The zero-order chi connectivity index (χ0) is 13.0. The average Bonchev–Trinajstić information content (AvgIpc) is 2.89. The van der Waals surface area contributed by atoms with Gasteiger partial charge in [0.25, 0.3) is 5.69 Å². The summed E-state index contributed by atoms with van der Waals surface area (Å²) in [6, 6.07) is 9.69. The van der Waals surface area contributed by atoms with E-state index in [0.717, 1.165) is 4.21 Å². The number of carbonyl (C=O) groups excluding carboxylic acids is 1. The molecule has 0 spiro atoms. The summed E-state index contributed by atoms with van der Waals surface area (Å²) >= 11 is 3.01. The van der Waals surface area contributed by atoms with Gasteiger partial charge in [0.05, 0.1) is 14.9 Å². The van der Waals surface area contributed by atoms with Crippen LogP contribution in [-0.2, 0) is 0 Å². The molecule has 0 radical (unpaired) electrons. The van der Waals surface area contributed by atoms with Crippen molar-refractivity contribution in [3.05, 3.63) is 57.5 Å². The molecular formula is C12H9NO3S2. The average molecular weight is 279 g/mol. The maximum Gasteiger partial charge on any atom is 0.270 e. The van der Waals surface area contributed by atoms with E-state index in [9.17, 15) is 14.9 Å². The van der Waals surface area contributed by atoms with Gasteiger partial charge in [-0.25, -0.2) is 0 Å². The monoisotopic (exact) mass is 279 g/mol. The Balaban J connectivity index is 2.04. The van der Waals surface area contributed by atoms with E-state index in [-0.39, 0.29) is 11.5 Å². The molecule has 0 amide bonds. The predicted octanol–water partition coefficient (Wildman–Crippen LogP) is 3.63. The van der Waals surface area contributed by atoms with E-state index in [1.54, 1.807) is 17.4 Å². The Kier molecular flexibility index (Phi) is 4.11. The minimum Gasteiger partial charge on any atom is -0.293 e. The Hall–Kier alpha value is -1.66. The van der Waals surface area contributed by atoms with Crippen LogP contribution in [0.3, 0.4) is 0 Å². The van der Waals surface area contributed by atoms with Crippen LogP contribution in [0.25, 0.3) is 0 Å². The summed E-state index contributed by atoms with van der Waals surface area (Å²) in [4.78, 5) is 22.0. The molecule has 4 nitrogen and oxygen atoms in total. The number of hydrogen-bond acceptors (Lipinski definition) is 5. The quantitative estimate of drug-likeness (QED) is 0.363. The summed E-state index contributed by atoms with van der Waals surface area (Å²) in [6.07, 6.45) is 0. The SMILES string of the molecule is O=C(CSc1cccs1)c1cccc([N+](=O)[O-])c1. The van der Waals surface area contributed by atoms with Crippen LogP contribution in [-0.4, -0.2) is 16.5 Å². The maximum absolute atomic E-state index is 11.9. The lowest BCUT2D eigenvalue weighted by molar-refractivity contribution is -0.384. The van der Waals surface area contributed by atoms with Gasteiger partial charge in [-0.05, 0) is 11.4 Å².